The van der Waals surface area contributed by atoms with Gasteiger partial charge >= 0.3 is 5.97 Å². The van der Waals surface area contributed by atoms with Crippen LogP contribution in [-0.4, -0.2) is 16.0 Å². The van der Waals surface area contributed by atoms with Crippen molar-refractivity contribution < 1.29 is 9.90 Å². The van der Waals surface area contributed by atoms with Crippen LogP contribution in [0.2, 0.25) is 0 Å². The molecule has 0 amide bonds. The quantitative estimate of drug-likeness (QED) is 0.671. The van der Waals surface area contributed by atoms with Gasteiger partial charge in [-0.15, -0.1) is 11.6 Å². The molecule has 2 unspecified atom stereocenters. The van der Waals surface area contributed by atoms with E-state index in [9.17, 15) is 4.79 Å². The van der Waals surface area contributed by atoms with E-state index in [-0.39, 0.29) is 5.92 Å². The molecule has 1 saturated carbocycles. The zero-order valence-corrected chi connectivity index (χ0v) is 10.1. The van der Waals surface area contributed by atoms with Gasteiger partial charge in [-0.1, -0.05) is 12.1 Å². The lowest BCUT2D eigenvalue weighted by molar-refractivity contribution is -0.137. The number of benzene rings is 1. The van der Waals surface area contributed by atoms with Crippen molar-refractivity contribution in [1.29, 1.82) is 0 Å². The van der Waals surface area contributed by atoms with Crippen molar-refractivity contribution in [2.24, 2.45) is 0 Å². The lowest BCUT2D eigenvalue weighted by atomic mass is 10.1. The lowest BCUT2D eigenvalue weighted by Crippen LogP contribution is -2.16. The van der Waals surface area contributed by atoms with Crippen molar-refractivity contribution in [2.45, 2.75) is 17.2 Å². The zero-order valence-electron chi connectivity index (χ0n) is 7.21. The molecule has 2 rings (SSSR count). The van der Waals surface area contributed by atoms with Gasteiger partial charge in [-0.25, -0.2) is 0 Å². The number of carboxylic acids is 1. The summed E-state index contributed by atoms with van der Waals surface area (Å²) >= 11 is 8.14. The molecule has 0 saturated heterocycles. The Morgan fingerprint density at radius 3 is 2.86 bits per heavy atom. The van der Waals surface area contributed by atoms with Crippen LogP contribution in [0.1, 0.15) is 17.9 Å². The largest absolute Gasteiger partial charge is 0.480 e. The molecule has 0 bridgehead atoms. The maximum absolute atomic E-state index is 10.8. The van der Waals surface area contributed by atoms with Crippen molar-refractivity contribution in [3.63, 3.8) is 0 Å². The molecule has 1 aliphatic carbocycles. The van der Waals surface area contributed by atoms with Crippen molar-refractivity contribution in [3.05, 3.63) is 33.4 Å². The van der Waals surface area contributed by atoms with Crippen LogP contribution in [0.25, 0.3) is 0 Å². The van der Waals surface area contributed by atoms with Crippen LogP contribution in [-0.2, 0) is 4.79 Å². The first-order valence-electron chi connectivity index (χ1n) is 4.22. The SMILES string of the molecule is O=C(O)C1(Cl)CC1c1cccc(I)c1. The number of aliphatic carboxylic acids is 1. The fourth-order valence-electron chi connectivity index (χ4n) is 1.58. The first-order chi connectivity index (χ1) is 6.54. The van der Waals surface area contributed by atoms with Gasteiger partial charge in [0, 0.05) is 9.49 Å². The Bertz CT molecular complexity index is 393. The normalized spacial score (nSPS) is 30.0. The molecule has 0 radical (unpaired) electrons. The van der Waals surface area contributed by atoms with E-state index in [1.54, 1.807) is 0 Å². The van der Waals surface area contributed by atoms with Crippen LogP contribution in [0.15, 0.2) is 24.3 Å². The van der Waals surface area contributed by atoms with Crippen LogP contribution in [0.3, 0.4) is 0 Å². The second-order valence-corrected chi connectivity index (χ2v) is 5.40. The van der Waals surface area contributed by atoms with E-state index in [0.29, 0.717) is 6.42 Å². The van der Waals surface area contributed by atoms with Gasteiger partial charge in [0.05, 0.1) is 0 Å². The maximum atomic E-state index is 10.8. The fourth-order valence-corrected chi connectivity index (χ4v) is 2.43. The molecule has 2 nitrogen and oxygen atoms in total. The minimum atomic E-state index is -1.05. The Labute approximate surface area is 100 Å². The van der Waals surface area contributed by atoms with Crippen molar-refractivity contribution >= 4 is 40.2 Å². The second-order valence-electron chi connectivity index (χ2n) is 3.48. The summed E-state index contributed by atoms with van der Waals surface area (Å²) in [5.41, 5.74) is 1.02. The van der Waals surface area contributed by atoms with Crippen LogP contribution in [0.5, 0.6) is 0 Å². The summed E-state index contributed by atoms with van der Waals surface area (Å²) in [4.78, 5) is 9.77. The average Bonchev–Trinajstić information content (AvgIpc) is 2.80. The number of rotatable bonds is 2. The van der Waals surface area contributed by atoms with E-state index in [1.807, 2.05) is 24.3 Å². The number of halogens is 2. The first-order valence-corrected chi connectivity index (χ1v) is 5.67. The smallest absolute Gasteiger partial charge is 0.325 e. The first kappa shape index (κ1) is 10.2. The van der Waals surface area contributed by atoms with Gasteiger partial charge in [-0.3, -0.25) is 4.79 Å². The minimum absolute atomic E-state index is 0.0311. The molecule has 1 N–H and O–H groups in total. The highest BCUT2D eigenvalue weighted by Gasteiger charge is 2.60. The van der Waals surface area contributed by atoms with Crippen molar-refractivity contribution in [2.75, 3.05) is 0 Å². The Kier molecular flexibility index (Phi) is 2.47. The molecule has 0 heterocycles. The molecule has 0 aliphatic heterocycles. The molecule has 0 aromatic heterocycles. The predicted molar refractivity (Wildman–Crippen MR) is 62.7 cm³/mol. The Balaban J connectivity index is 2.25. The van der Waals surface area contributed by atoms with Crippen LogP contribution in [0, 0.1) is 3.57 Å². The highest BCUT2D eigenvalue weighted by Crippen LogP contribution is 2.56. The average molecular weight is 323 g/mol. The molecule has 2 atom stereocenters. The molecule has 1 aromatic rings. The number of carboxylic acid groups (broad SMARTS) is 1. The summed E-state index contributed by atoms with van der Waals surface area (Å²) < 4.78 is 1.11. The molecular formula is C10H8ClIO2. The zero-order chi connectivity index (χ0) is 10.3. The third-order valence-corrected chi connectivity index (χ3v) is 3.75. The fraction of sp³-hybridized carbons (Fsp3) is 0.300. The Morgan fingerprint density at radius 2 is 2.36 bits per heavy atom. The maximum Gasteiger partial charge on any atom is 0.325 e. The van der Waals surface area contributed by atoms with Crippen molar-refractivity contribution in [1.82, 2.24) is 0 Å². The van der Waals surface area contributed by atoms with Gasteiger partial charge in [-0.2, -0.15) is 0 Å². The molecule has 4 heteroatoms. The molecule has 74 valence electrons. The van der Waals surface area contributed by atoms with Crippen molar-refractivity contribution in [3.8, 4) is 0 Å². The van der Waals surface area contributed by atoms with Crippen LogP contribution in [0.4, 0.5) is 0 Å². The van der Waals surface area contributed by atoms with Gasteiger partial charge < -0.3 is 5.11 Å². The number of hydrogen-bond donors (Lipinski definition) is 1. The molecular weight excluding hydrogens is 314 g/mol. The van der Waals surface area contributed by atoms with E-state index in [4.69, 9.17) is 16.7 Å². The second kappa shape index (κ2) is 3.38. The van der Waals surface area contributed by atoms with Gasteiger partial charge in [-0.05, 0) is 46.7 Å². The highest BCUT2D eigenvalue weighted by molar-refractivity contribution is 14.1. The summed E-state index contributed by atoms with van der Waals surface area (Å²) in [5.74, 6) is -0.945. The highest BCUT2D eigenvalue weighted by atomic mass is 127. The summed E-state index contributed by atoms with van der Waals surface area (Å²) in [6, 6.07) is 7.82. The monoisotopic (exact) mass is 322 g/mol. The minimum Gasteiger partial charge on any atom is -0.480 e. The summed E-state index contributed by atoms with van der Waals surface area (Å²) in [6.07, 6.45) is 0.532. The third-order valence-electron chi connectivity index (χ3n) is 2.50. The molecule has 1 aromatic carbocycles. The van der Waals surface area contributed by atoms with Gasteiger partial charge in [0.2, 0.25) is 0 Å². The van der Waals surface area contributed by atoms with Crippen LogP contribution < -0.4 is 0 Å². The van der Waals surface area contributed by atoms with E-state index in [2.05, 4.69) is 22.6 Å². The summed E-state index contributed by atoms with van der Waals surface area (Å²) in [7, 11) is 0. The Hall–Kier alpha value is -0.290. The third kappa shape index (κ3) is 1.63. The standard InChI is InChI=1S/C10H8ClIO2/c11-10(9(13)14)5-8(10)6-2-1-3-7(12)4-6/h1-4,8H,5H2,(H,13,14). The predicted octanol–water partition coefficient (Wildman–Crippen LogP) is 2.84. The van der Waals surface area contributed by atoms with Gasteiger partial charge in [0.15, 0.2) is 0 Å². The summed E-state index contributed by atoms with van der Waals surface area (Å²) in [5, 5.41) is 8.88. The van der Waals surface area contributed by atoms with Gasteiger partial charge in [0.1, 0.15) is 4.87 Å². The lowest BCUT2D eigenvalue weighted by Gasteiger charge is -2.03. The van der Waals surface area contributed by atoms with Crippen LogP contribution >= 0.6 is 34.2 Å². The molecule has 1 aliphatic rings. The molecule has 1 fully saturated rings. The molecule has 14 heavy (non-hydrogen) atoms. The number of alkyl halides is 1. The topological polar surface area (TPSA) is 37.3 Å². The van der Waals surface area contributed by atoms with E-state index in [0.717, 1.165) is 9.13 Å². The van der Waals surface area contributed by atoms with E-state index >= 15 is 0 Å². The van der Waals surface area contributed by atoms with Gasteiger partial charge in [0.25, 0.3) is 0 Å². The van der Waals surface area contributed by atoms with E-state index < -0.39 is 10.8 Å². The number of hydrogen-bond acceptors (Lipinski definition) is 1. The molecule has 0 spiro atoms. The Morgan fingerprint density at radius 1 is 1.64 bits per heavy atom. The van der Waals surface area contributed by atoms with E-state index in [1.165, 1.54) is 0 Å². The summed E-state index contributed by atoms with van der Waals surface area (Å²) in [6.45, 7) is 0. The number of carbonyl (C=O) groups is 1.